The summed E-state index contributed by atoms with van der Waals surface area (Å²) in [6, 6.07) is 16.4. The number of amides is 2. The van der Waals surface area contributed by atoms with Gasteiger partial charge in [-0.05, 0) is 54.4 Å². The van der Waals surface area contributed by atoms with Crippen molar-refractivity contribution in [3.63, 3.8) is 0 Å². The molecule has 1 aliphatic heterocycles. The zero-order chi connectivity index (χ0) is 23.2. The maximum absolute atomic E-state index is 12.8. The molecular formula is C26H28N2O5. The Hall–Kier alpha value is -3.35. The molecule has 0 spiro atoms. The van der Waals surface area contributed by atoms with Crippen molar-refractivity contribution in [3.8, 4) is 11.1 Å². The lowest BCUT2D eigenvalue weighted by atomic mass is 9.98. The van der Waals surface area contributed by atoms with E-state index in [-0.39, 0.29) is 30.3 Å². The zero-order valence-electron chi connectivity index (χ0n) is 18.6. The van der Waals surface area contributed by atoms with Crippen LogP contribution < -0.4 is 5.32 Å². The van der Waals surface area contributed by atoms with Gasteiger partial charge in [-0.25, -0.2) is 9.59 Å². The zero-order valence-corrected chi connectivity index (χ0v) is 18.6. The van der Waals surface area contributed by atoms with Crippen molar-refractivity contribution in [2.45, 2.75) is 37.6 Å². The molecule has 1 saturated heterocycles. The maximum atomic E-state index is 12.8. The minimum absolute atomic E-state index is 0.00210. The summed E-state index contributed by atoms with van der Waals surface area (Å²) in [6.07, 6.45) is 1.34. The Kier molecular flexibility index (Phi) is 5.35. The Bertz CT molecular complexity index is 1070. The molecule has 1 heterocycles. The van der Waals surface area contributed by atoms with Crippen molar-refractivity contribution >= 4 is 18.0 Å². The van der Waals surface area contributed by atoms with Gasteiger partial charge in [-0.2, -0.15) is 0 Å². The first-order valence-corrected chi connectivity index (χ1v) is 11.5. The van der Waals surface area contributed by atoms with Gasteiger partial charge in [0.15, 0.2) is 0 Å². The molecule has 0 unspecified atom stereocenters. The normalized spacial score (nSPS) is 25.3. The van der Waals surface area contributed by atoms with E-state index in [0.29, 0.717) is 32.4 Å². The minimum Gasteiger partial charge on any atom is -0.480 e. The first-order chi connectivity index (χ1) is 15.9. The van der Waals surface area contributed by atoms with Gasteiger partial charge in [0, 0.05) is 24.9 Å². The highest BCUT2D eigenvalue weighted by molar-refractivity contribution is 5.90. The van der Waals surface area contributed by atoms with Gasteiger partial charge in [-0.15, -0.1) is 0 Å². The smallest absolute Gasteiger partial charge is 0.407 e. The quantitative estimate of drug-likeness (QED) is 0.704. The number of carboxylic acid groups (broad SMARTS) is 1. The molecule has 0 radical (unpaired) electrons. The minimum atomic E-state index is -1.12. The molecule has 33 heavy (non-hydrogen) atoms. The van der Waals surface area contributed by atoms with E-state index in [2.05, 4.69) is 29.6 Å². The van der Waals surface area contributed by atoms with Crippen LogP contribution in [0, 0.1) is 11.8 Å². The third-order valence-electron chi connectivity index (χ3n) is 7.46. The monoisotopic (exact) mass is 448 g/mol. The van der Waals surface area contributed by atoms with E-state index in [4.69, 9.17) is 4.74 Å². The van der Waals surface area contributed by atoms with E-state index in [1.165, 1.54) is 16.0 Å². The highest BCUT2D eigenvalue weighted by atomic mass is 16.5. The molecule has 2 N–H and O–H groups in total. The van der Waals surface area contributed by atoms with Crippen molar-refractivity contribution in [2.75, 3.05) is 19.7 Å². The molecule has 0 bridgehead atoms. The number of benzene rings is 2. The van der Waals surface area contributed by atoms with Crippen LogP contribution in [0.15, 0.2) is 48.5 Å². The molecule has 2 amide bonds. The third kappa shape index (κ3) is 3.75. The topological polar surface area (TPSA) is 95.9 Å². The molecule has 5 rings (SSSR count). The number of carbonyl (C=O) groups is 3. The fourth-order valence-corrected chi connectivity index (χ4v) is 5.38. The molecule has 2 aromatic rings. The molecule has 2 aliphatic carbocycles. The fourth-order valence-electron chi connectivity index (χ4n) is 5.38. The number of nitrogens with zero attached hydrogens (tertiary/aromatic N) is 1. The Morgan fingerprint density at radius 1 is 1.09 bits per heavy atom. The summed E-state index contributed by atoms with van der Waals surface area (Å²) >= 11 is 0. The number of carbonyl (C=O) groups excluding carboxylic acids is 2. The Balaban J connectivity index is 1.13. The van der Waals surface area contributed by atoms with Gasteiger partial charge in [0.25, 0.3) is 0 Å². The van der Waals surface area contributed by atoms with Crippen LogP contribution in [-0.2, 0) is 14.3 Å². The van der Waals surface area contributed by atoms with Gasteiger partial charge in [0.05, 0.1) is 0 Å². The molecule has 172 valence electrons. The molecule has 7 nitrogen and oxygen atoms in total. The molecule has 7 heteroatoms. The van der Waals surface area contributed by atoms with E-state index < -0.39 is 17.6 Å². The summed E-state index contributed by atoms with van der Waals surface area (Å²) in [5.41, 5.74) is 3.55. The van der Waals surface area contributed by atoms with E-state index in [9.17, 15) is 19.5 Å². The van der Waals surface area contributed by atoms with Gasteiger partial charge in [0.2, 0.25) is 5.91 Å². The number of hydrogen-bond donors (Lipinski definition) is 2. The summed E-state index contributed by atoms with van der Waals surface area (Å²) in [6.45, 7) is 2.69. The van der Waals surface area contributed by atoms with Crippen LogP contribution in [0.5, 0.6) is 0 Å². The van der Waals surface area contributed by atoms with Crippen LogP contribution in [0.1, 0.15) is 43.2 Å². The fraction of sp³-hybridized carbons (Fsp3) is 0.423. The maximum Gasteiger partial charge on any atom is 0.407 e. The summed E-state index contributed by atoms with van der Waals surface area (Å²) in [5, 5.41) is 12.3. The van der Waals surface area contributed by atoms with Crippen molar-refractivity contribution < 1.29 is 24.2 Å². The number of hydrogen-bond acceptors (Lipinski definition) is 4. The van der Waals surface area contributed by atoms with Crippen molar-refractivity contribution in [3.05, 3.63) is 59.7 Å². The number of ether oxygens (including phenoxy) is 1. The second-order valence-electron chi connectivity index (χ2n) is 9.48. The molecular weight excluding hydrogens is 420 g/mol. The number of alkyl carbamates (subject to hydrolysis) is 1. The second kappa shape index (κ2) is 8.21. The van der Waals surface area contributed by atoms with E-state index in [1.807, 2.05) is 24.3 Å². The Morgan fingerprint density at radius 2 is 1.73 bits per heavy atom. The molecule has 3 aliphatic rings. The second-order valence-corrected chi connectivity index (χ2v) is 9.48. The number of fused-ring (bicyclic) bond motifs is 3. The lowest BCUT2D eigenvalue weighted by molar-refractivity contribution is -0.155. The lowest BCUT2D eigenvalue weighted by Crippen LogP contribution is -2.51. The van der Waals surface area contributed by atoms with Gasteiger partial charge < -0.3 is 20.1 Å². The third-order valence-corrected chi connectivity index (χ3v) is 7.46. The largest absolute Gasteiger partial charge is 0.480 e. The highest BCUT2D eigenvalue weighted by Gasteiger charge is 2.52. The summed E-state index contributed by atoms with van der Waals surface area (Å²) in [5.74, 6) is -1.27. The average Bonchev–Trinajstić information content (AvgIpc) is 3.38. The predicted octanol–water partition coefficient (Wildman–Crippen LogP) is 3.63. The van der Waals surface area contributed by atoms with E-state index >= 15 is 0 Å². The van der Waals surface area contributed by atoms with Gasteiger partial charge >= 0.3 is 12.1 Å². The number of likely N-dealkylation sites (tertiary alicyclic amines) is 1. The van der Waals surface area contributed by atoms with Gasteiger partial charge in [-0.1, -0.05) is 48.5 Å². The Labute approximate surface area is 192 Å². The molecule has 2 fully saturated rings. The molecule has 1 saturated carbocycles. The highest BCUT2D eigenvalue weighted by Crippen LogP contribution is 2.45. The SMILES string of the molecule is C[C@]1(C(=O)O)CCCN1C(=O)[C@@H]1C[C@@H]1CNC(=O)OCC1c2ccccc2-c2ccccc21. The van der Waals surface area contributed by atoms with Crippen molar-refractivity contribution in [1.82, 2.24) is 10.2 Å². The van der Waals surface area contributed by atoms with E-state index in [1.54, 1.807) is 6.92 Å². The van der Waals surface area contributed by atoms with Crippen LogP contribution >= 0.6 is 0 Å². The first-order valence-electron chi connectivity index (χ1n) is 11.5. The number of aliphatic carboxylic acids is 1. The van der Waals surface area contributed by atoms with Crippen LogP contribution in [0.25, 0.3) is 11.1 Å². The van der Waals surface area contributed by atoms with Crippen LogP contribution in [0.2, 0.25) is 0 Å². The number of nitrogens with one attached hydrogen (secondary N) is 1. The summed E-state index contributed by atoms with van der Waals surface area (Å²) < 4.78 is 5.55. The Morgan fingerprint density at radius 3 is 2.36 bits per heavy atom. The number of carboxylic acids is 1. The van der Waals surface area contributed by atoms with E-state index in [0.717, 1.165) is 11.1 Å². The van der Waals surface area contributed by atoms with Gasteiger partial charge in [-0.3, -0.25) is 4.79 Å². The average molecular weight is 449 g/mol. The van der Waals surface area contributed by atoms with Crippen LogP contribution in [0.3, 0.4) is 0 Å². The van der Waals surface area contributed by atoms with Crippen molar-refractivity contribution in [1.29, 1.82) is 0 Å². The standard InChI is InChI=1S/C26H28N2O5/c1-26(24(30)31)11-6-12-28(26)23(29)21-13-16(21)14-27-25(32)33-15-22-19-9-4-2-7-17(19)18-8-3-5-10-20(18)22/h2-5,7-10,16,21-22H,6,11-15H2,1H3,(H,27,32)(H,30,31)/t16-,21-,26-/m1/s1. The van der Waals surface area contributed by atoms with Crippen molar-refractivity contribution in [2.24, 2.45) is 11.8 Å². The molecule has 2 aromatic carbocycles. The molecule has 0 aromatic heterocycles. The lowest BCUT2D eigenvalue weighted by Gasteiger charge is -2.31. The first kappa shape index (κ1) is 21.5. The summed E-state index contributed by atoms with van der Waals surface area (Å²) in [4.78, 5) is 38.4. The van der Waals surface area contributed by atoms with Gasteiger partial charge in [0.1, 0.15) is 12.1 Å². The number of rotatable bonds is 6. The summed E-state index contributed by atoms with van der Waals surface area (Å²) in [7, 11) is 0. The van der Waals surface area contributed by atoms with Crippen LogP contribution in [-0.4, -0.2) is 53.2 Å². The van der Waals surface area contributed by atoms with Crippen LogP contribution in [0.4, 0.5) is 4.79 Å². The molecule has 3 atom stereocenters. The predicted molar refractivity (Wildman–Crippen MR) is 122 cm³/mol.